The van der Waals surface area contributed by atoms with E-state index in [0.717, 1.165) is 27.7 Å². The maximum atomic E-state index is 13.0. The third-order valence-electron chi connectivity index (χ3n) is 4.76. The van der Waals surface area contributed by atoms with Crippen LogP contribution < -0.4 is 10.2 Å². The molecule has 2 aromatic carbocycles. The molecule has 0 fully saturated rings. The van der Waals surface area contributed by atoms with E-state index in [9.17, 15) is 4.79 Å². The van der Waals surface area contributed by atoms with E-state index in [1.54, 1.807) is 24.1 Å². The summed E-state index contributed by atoms with van der Waals surface area (Å²) in [6.07, 6.45) is 3.43. The van der Waals surface area contributed by atoms with Crippen molar-refractivity contribution in [2.45, 2.75) is 6.92 Å². The Morgan fingerprint density at radius 2 is 1.93 bits per heavy atom. The second kappa shape index (κ2) is 8.16. The Morgan fingerprint density at radius 3 is 2.70 bits per heavy atom. The van der Waals surface area contributed by atoms with Crippen LogP contribution in [0.2, 0.25) is 0 Å². The van der Waals surface area contributed by atoms with Gasteiger partial charge in [-0.15, -0.1) is 0 Å². The third kappa shape index (κ3) is 3.77. The SMILES string of the molecule is COc1ccccc1-c1cc(C(=O)NN=Cc2cn(C)nc2C)c2ccccc2n1. The lowest BCUT2D eigenvalue weighted by Crippen LogP contribution is -2.18. The summed E-state index contributed by atoms with van der Waals surface area (Å²) in [7, 11) is 3.45. The zero-order valence-electron chi connectivity index (χ0n) is 17.0. The summed E-state index contributed by atoms with van der Waals surface area (Å²) in [5.41, 5.74) is 6.97. The number of nitrogens with one attached hydrogen (secondary N) is 1. The molecule has 0 bridgehead atoms. The van der Waals surface area contributed by atoms with Crippen LogP contribution in [0, 0.1) is 6.92 Å². The topological polar surface area (TPSA) is 81.4 Å². The minimum absolute atomic E-state index is 0.317. The van der Waals surface area contributed by atoms with Crippen LogP contribution in [0.5, 0.6) is 5.75 Å². The van der Waals surface area contributed by atoms with Gasteiger partial charge in [-0.25, -0.2) is 10.4 Å². The second-order valence-corrected chi connectivity index (χ2v) is 6.82. The molecule has 2 heterocycles. The minimum atomic E-state index is -0.317. The zero-order valence-corrected chi connectivity index (χ0v) is 17.0. The molecule has 30 heavy (non-hydrogen) atoms. The number of pyridine rings is 1. The van der Waals surface area contributed by atoms with Crippen molar-refractivity contribution in [1.29, 1.82) is 0 Å². The van der Waals surface area contributed by atoms with Gasteiger partial charge in [-0.05, 0) is 31.2 Å². The van der Waals surface area contributed by atoms with Crippen LogP contribution in [-0.2, 0) is 7.05 Å². The maximum absolute atomic E-state index is 13.0. The fourth-order valence-electron chi connectivity index (χ4n) is 3.32. The Morgan fingerprint density at radius 1 is 1.17 bits per heavy atom. The Kier molecular flexibility index (Phi) is 5.26. The van der Waals surface area contributed by atoms with E-state index in [-0.39, 0.29) is 5.91 Å². The summed E-state index contributed by atoms with van der Waals surface area (Å²) in [5, 5.41) is 9.13. The number of methoxy groups -OCH3 is 1. The van der Waals surface area contributed by atoms with Crippen molar-refractivity contribution in [3.63, 3.8) is 0 Å². The molecule has 0 saturated carbocycles. The van der Waals surface area contributed by atoms with Crippen molar-refractivity contribution in [3.8, 4) is 17.0 Å². The molecule has 0 spiro atoms. The summed E-state index contributed by atoms with van der Waals surface area (Å²) in [4.78, 5) is 17.7. The number of hydrogen-bond acceptors (Lipinski definition) is 5. The lowest BCUT2D eigenvalue weighted by Gasteiger charge is -2.11. The number of aryl methyl sites for hydroxylation is 2. The molecule has 0 unspecified atom stereocenters. The second-order valence-electron chi connectivity index (χ2n) is 6.82. The molecular weight excluding hydrogens is 378 g/mol. The van der Waals surface area contributed by atoms with E-state index < -0.39 is 0 Å². The molecule has 150 valence electrons. The highest BCUT2D eigenvalue weighted by Crippen LogP contribution is 2.31. The van der Waals surface area contributed by atoms with Gasteiger partial charge in [-0.3, -0.25) is 9.48 Å². The van der Waals surface area contributed by atoms with Gasteiger partial charge in [0.1, 0.15) is 5.75 Å². The Hall–Kier alpha value is -4.00. The molecule has 2 aromatic heterocycles. The molecule has 7 nitrogen and oxygen atoms in total. The van der Waals surface area contributed by atoms with Gasteiger partial charge in [-0.1, -0.05) is 30.3 Å². The number of hydrazone groups is 1. The molecular formula is C23H21N5O2. The first-order chi connectivity index (χ1) is 14.6. The van der Waals surface area contributed by atoms with Crippen LogP contribution in [0.1, 0.15) is 21.6 Å². The molecule has 0 atom stereocenters. The lowest BCUT2D eigenvalue weighted by atomic mass is 10.0. The van der Waals surface area contributed by atoms with Gasteiger partial charge in [0.05, 0.1) is 35.8 Å². The summed E-state index contributed by atoms with van der Waals surface area (Å²) in [5.74, 6) is 0.374. The smallest absolute Gasteiger partial charge is 0.272 e. The van der Waals surface area contributed by atoms with E-state index in [1.807, 2.05) is 68.7 Å². The highest BCUT2D eigenvalue weighted by atomic mass is 16.5. The zero-order chi connectivity index (χ0) is 21.1. The van der Waals surface area contributed by atoms with Crippen molar-refractivity contribution in [1.82, 2.24) is 20.2 Å². The average molecular weight is 399 g/mol. The number of carbonyl (C=O) groups is 1. The van der Waals surface area contributed by atoms with Crippen molar-refractivity contribution in [2.24, 2.45) is 12.1 Å². The quantitative estimate of drug-likeness (QED) is 0.410. The highest BCUT2D eigenvalue weighted by molar-refractivity contribution is 6.07. The molecule has 0 aliphatic carbocycles. The number of para-hydroxylation sites is 2. The van der Waals surface area contributed by atoms with E-state index in [2.05, 4.69) is 15.6 Å². The number of benzene rings is 2. The van der Waals surface area contributed by atoms with E-state index in [4.69, 9.17) is 9.72 Å². The first-order valence-electron chi connectivity index (χ1n) is 9.43. The lowest BCUT2D eigenvalue weighted by molar-refractivity contribution is 0.0956. The molecule has 0 aliphatic heterocycles. The van der Waals surface area contributed by atoms with Crippen molar-refractivity contribution >= 4 is 23.0 Å². The summed E-state index contributed by atoms with van der Waals surface area (Å²) in [6, 6.07) is 16.9. The van der Waals surface area contributed by atoms with Crippen LogP contribution in [0.15, 0.2) is 65.9 Å². The van der Waals surface area contributed by atoms with Gasteiger partial charge in [-0.2, -0.15) is 10.2 Å². The first-order valence-corrected chi connectivity index (χ1v) is 9.43. The van der Waals surface area contributed by atoms with E-state index >= 15 is 0 Å². The molecule has 7 heteroatoms. The summed E-state index contributed by atoms with van der Waals surface area (Å²) in [6.45, 7) is 1.89. The summed E-state index contributed by atoms with van der Waals surface area (Å²) < 4.78 is 7.17. The van der Waals surface area contributed by atoms with Crippen LogP contribution >= 0.6 is 0 Å². The molecule has 0 saturated heterocycles. The molecule has 4 aromatic rings. The molecule has 0 radical (unpaired) electrons. The predicted octanol–water partition coefficient (Wildman–Crippen LogP) is 3.72. The Labute approximate surface area is 174 Å². The van der Waals surface area contributed by atoms with Gasteiger partial charge >= 0.3 is 0 Å². The van der Waals surface area contributed by atoms with Gasteiger partial charge in [0, 0.05) is 29.8 Å². The highest BCUT2D eigenvalue weighted by Gasteiger charge is 2.15. The largest absolute Gasteiger partial charge is 0.496 e. The fraction of sp³-hybridized carbons (Fsp3) is 0.130. The third-order valence-corrected chi connectivity index (χ3v) is 4.76. The van der Waals surface area contributed by atoms with Crippen LogP contribution in [0.3, 0.4) is 0 Å². The maximum Gasteiger partial charge on any atom is 0.272 e. The van der Waals surface area contributed by atoms with Gasteiger partial charge in [0.15, 0.2) is 0 Å². The number of rotatable bonds is 5. The van der Waals surface area contributed by atoms with Gasteiger partial charge in [0.25, 0.3) is 5.91 Å². The number of amides is 1. The number of fused-ring (bicyclic) bond motifs is 1. The number of ether oxygens (including phenoxy) is 1. The van der Waals surface area contributed by atoms with Gasteiger partial charge < -0.3 is 4.74 Å². The van der Waals surface area contributed by atoms with Crippen molar-refractivity contribution < 1.29 is 9.53 Å². The van der Waals surface area contributed by atoms with E-state index in [1.165, 1.54) is 0 Å². The van der Waals surface area contributed by atoms with Crippen molar-refractivity contribution in [2.75, 3.05) is 7.11 Å². The molecule has 4 rings (SSSR count). The molecule has 1 amide bonds. The number of carbonyl (C=O) groups excluding carboxylic acids is 1. The molecule has 0 aliphatic rings. The van der Waals surface area contributed by atoms with Crippen LogP contribution in [0.25, 0.3) is 22.2 Å². The van der Waals surface area contributed by atoms with Crippen LogP contribution in [-0.4, -0.2) is 34.0 Å². The standard InChI is InChI=1S/C23H21N5O2/c1-15-16(14-28(2)27-15)13-24-26-23(29)19-12-21(18-9-5-7-11-22(18)30-3)25-20-10-6-4-8-17(19)20/h4-14H,1-3H3,(H,26,29). The van der Waals surface area contributed by atoms with Crippen LogP contribution in [0.4, 0.5) is 0 Å². The Balaban J connectivity index is 1.72. The number of nitrogens with zero attached hydrogens (tertiary/aromatic N) is 4. The Bertz CT molecular complexity index is 1260. The monoisotopic (exact) mass is 399 g/mol. The minimum Gasteiger partial charge on any atom is -0.496 e. The van der Waals surface area contributed by atoms with Crippen molar-refractivity contribution in [3.05, 3.63) is 77.6 Å². The van der Waals surface area contributed by atoms with E-state index in [0.29, 0.717) is 17.0 Å². The molecule has 1 N–H and O–H groups in total. The predicted molar refractivity (Wildman–Crippen MR) is 117 cm³/mol. The fourth-order valence-corrected chi connectivity index (χ4v) is 3.32. The average Bonchev–Trinajstić information content (AvgIpc) is 3.09. The first kappa shape index (κ1) is 19.3. The number of hydrogen-bond donors (Lipinski definition) is 1. The van der Waals surface area contributed by atoms with Gasteiger partial charge in [0.2, 0.25) is 0 Å². The summed E-state index contributed by atoms with van der Waals surface area (Å²) >= 11 is 0. The normalized spacial score (nSPS) is 11.2. The number of aromatic nitrogens is 3.